The average Bonchev–Trinajstić information content (AvgIpc) is 2.39. The highest BCUT2D eigenvalue weighted by Crippen LogP contribution is 2.23. The van der Waals surface area contributed by atoms with Crippen molar-refractivity contribution < 1.29 is 15.7 Å². The molecule has 20 heavy (non-hydrogen) atoms. The van der Waals surface area contributed by atoms with Crippen LogP contribution in [0.25, 0.3) is 0 Å². The highest BCUT2D eigenvalue weighted by Gasteiger charge is 2.20. The van der Waals surface area contributed by atoms with Gasteiger partial charge in [0.1, 0.15) is 11.9 Å². The molecule has 5 heteroatoms. The molecule has 1 aromatic rings. The fourth-order valence-corrected chi connectivity index (χ4v) is 3.00. The van der Waals surface area contributed by atoms with Gasteiger partial charge in [0.2, 0.25) is 0 Å². The second-order valence-corrected chi connectivity index (χ2v) is 5.82. The number of aryl methyl sites for hydroxylation is 2. The van der Waals surface area contributed by atoms with E-state index in [9.17, 15) is 0 Å². The molecule has 4 N–H and O–H groups in total. The van der Waals surface area contributed by atoms with E-state index in [1.54, 1.807) is 0 Å². The highest BCUT2D eigenvalue weighted by atomic mass is 32.2. The predicted octanol–water partition coefficient (Wildman–Crippen LogP) is 2.03. The summed E-state index contributed by atoms with van der Waals surface area (Å²) in [5.74, 6) is 1.05. The smallest absolute Gasteiger partial charge is 0.120 e. The molecule has 1 saturated heterocycles. The molecule has 1 aliphatic heterocycles. The van der Waals surface area contributed by atoms with Crippen molar-refractivity contribution in [2.75, 3.05) is 19.3 Å². The quantitative estimate of drug-likeness (QED) is 0.798. The van der Waals surface area contributed by atoms with Gasteiger partial charge in [-0.15, -0.1) is 0 Å². The molecule has 1 fully saturated rings. The minimum absolute atomic E-state index is 0. The van der Waals surface area contributed by atoms with Crippen molar-refractivity contribution in [1.29, 1.82) is 0 Å². The van der Waals surface area contributed by atoms with Crippen molar-refractivity contribution in [1.82, 2.24) is 4.31 Å². The summed E-state index contributed by atoms with van der Waals surface area (Å²) in [5, 5.41) is 0. The molecule has 0 aliphatic carbocycles. The molecule has 0 aromatic heterocycles. The van der Waals surface area contributed by atoms with E-state index in [4.69, 9.17) is 4.74 Å². The molecule has 2 rings (SSSR count). The maximum absolute atomic E-state index is 6.14. The Labute approximate surface area is 126 Å². The minimum Gasteiger partial charge on any atom is -0.490 e. The van der Waals surface area contributed by atoms with Gasteiger partial charge in [0.25, 0.3) is 0 Å². The van der Waals surface area contributed by atoms with Gasteiger partial charge < -0.3 is 15.7 Å². The summed E-state index contributed by atoms with van der Waals surface area (Å²) in [4.78, 5) is 0. The maximum atomic E-state index is 6.14. The van der Waals surface area contributed by atoms with Gasteiger partial charge in [-0.2, -0.15) is 0 Å². The maximum Gasteiger partial charge on any atom is 0.120 e. The van der Waals surface area contributed by atoms with E-state index >= 15 is 0 Å². The number of hydrogen-bond donors (Lipinski definition) is 0. The van der Waals surface area contributed by atoms with Crippen LogP contribution in [0.5, 0.6) is 5.75 Å². The largest absolute Gasteiger partial charge is 0.490 e. The Morgan fingerprint density at radius 3 is 2.40 bits per heavy atom. The summed E-state index contributed by atoms with van der Waals surface area (Å²) < 4.78 is 8.55. The summed E-state index contributed by atoms with van der Waals surface area (Å²) in [6.07, 6.45) is 5.88. The van der Waals surface area contributed by atoms with E-state index in [-0.39, 0.29) is 11.0 Å². The SMILES string of the molecule is CCc1cc(C)cc(OC2CCN(SC)CC2)c1.O.O. The molecule has 0 atom stereocenters. The van der Waals surface area contributed by atoms with E-state index in [0.717, 1.165) is 38.1 Å². The van der Waals surface area contributed by atoms with E-state index in [1.165, 1.54) is 11.1 Å². The summed E-state index contributed by atoms with van der Waals surface area (Å²) in [7, 11) is 0. The van der Waals surface area contributed by atoms with Crippen molar-refractivity contribution in [2.24, 2.45) is 0 Å². The zero-order valence-electron chi connectivity index (χ0n) is 12.6. The van der Waals surface area contributed by atoms with Crippen molar-refractivity contribution in [3.63, 3.8) is 0 Å². The number of nitrogens with zero attached hydrogens (tertiary/aromatic N) is 1. The minimum atomic E-state index is 0. The third kappa shape index (κ3) is 5.32. The fourth-order valence-electron chi connectivity index (χ4n) is 2.42. The van der Waals surface area contributed by atoms with Crippen molar-refractivity contribution in [3.8, 4) is 5.75 Å². The van der Waals surface area contributed by atoms with Gasteiger partial charge in [0.05, 0.1) is 0 Å². The van der Waals surface area contributed by atoms with E-state index in [1.807, 2.05) is 11.9 Å². The van der Waals surface area contributed by atoms with Crippen molar-refractivity contribution >= 4 is 11.9 Å². The Kier molecular flexibility index (Phi) is 8.89. The molecule has 0 radical (unpaired) electrons. The molecule has 0 spiro atoms. The fraction of sp³-hybridized carbons (Fsp3) is 0.600. The molecule has 0 amide bonds. The Hall–Kier alpha value is -0.750. The first kappa shape index (κ1) is 19.2. The molecule has 116 valence electrons. The Balaban J connectivity index is 0.00000180. The molecule has 0 unspecified atom stereocenters. The van der Waals surface area contributed by atoms with Gasteiger partial charge in [-0.1, -0.05) is 24.9 Å². The Bertz CT molecular complexity index is 393. The van der Waals surface area contributed by atoms with Gasteiger partial charge in [-0.05, 0) is 55.7 Å². The summed E-state index contributed by atoms with van der Waals surface area (Å²) in [5.41, 5.74) is 2.66. The lowest BCUT2D eigenvalue weighted by atomic mass is 10.1. The van der Waals surface area contributed by atoms with Crippen LogP contribution in [0.1, 0.15) is 30.9 Å². The second-order valence-electron chi connectivity index (χ2n) is 4.94. The van der Waals surface area contributed by atoms with Crippen LogP contribution in [0, 0.1) is 6.92 Å². The van der Waals surface area contributed by atoms with Gasteiger partial charge >= 0.3 is 0 Å². The number of benzene rings is 1. The molecule has 1 heterocycles. The summed E-state index contributed by atoms with van der Waals surface area (Å²) in [6.45, 7) is 6.61. The van der Waals surface area contributed by atoms with Gasteiger partial charge in [-0.25, -0.2) is 0 Å². The first-order valence-corrected chi connectivity index (χ1v) is 7.95. The predicted molar refractivity (Wildman–Crippen MR) is 86.5 cm³/mol. The number of rotatable bonds is 4. The van der Waals surface area contributed by atoms with E-state index in [0.29, 0.717) is 6.10 Å². The normalized spacial score (nSPS) is 16.1. The van der Waals surface area contributed by atoms with E-state index < -0.39 is 0 Å². The number of ether oxygens (including phenoxy) is 1. The van der Waals surface area contributed by atoms with Crippen molar-refractivity contribution in [2.45, 2.75) is 39.2 Å². The second kappa shape index (κ2) is 9.23. The van der Waals surface area contributed by atoms with Crippen LogP contribution in [0.4, 0.5) is 0 Å². The first-order valence-electron chi connectivity index (χ1n) is 6.77. The zero-order chi connectivity index (χ0) is 13.0. The molecular weight excluding hydrogens is 274 g/mol. The van der Waals surface area contributed by atoms with Crippen LogP contribution in [-0.4, -0.2) is 40.7 Å². The molecule has 4 nitrogen and oxygen atoms in total. The van der Waals surface area contributed by atoms with E-state index in [2.05, 4.69) is 42.6 Å². The average molecular weight is 301 g/mol. The monoisotopic (exact) mass is 301 g/mol. The lowest BCUT2D eigenvalue weighted by Crippen LogP contribution is -2.34. The number of hydrogen-bond acceptors (Lipinski definition) is 3. The third-order valence-electron chi connectivity index (χ3n) is 3.48. The zero-order valence-corrected chi connectivity index (χ0v) is 13.4. The molecular formula is C15H27NO3S. The van der Waals surface area contributed by atoms with Crippen LogP contribution in [0.15, 0.2) is 18.2 Å². The van der Waals surface area contributed by atoms with Crippen LogP contribution >= 0.6 is 11.9 Å². The van der Waals surface area contributed by atoms with Gasteiger partial charge in [-0.3, -0.25) is 4.31 Å². The Morgan fingerprint density at radius 2 is 1.85 bits per heavy atom. The standard InChI is InChI=1S/C15H23NOS.2H2O/c1-4-13-9-12(2)10-15(11-13)17-14-5-7-16(18-3)8-6-14;;/h9-11,14H,4-8H2,1-3H3;2*1H2. The van der Waals surface area contributed by atoms with Crippen LogP contribution in [0.2, 0.25) is 0 Å². The number of piperidine rings is 1. The van der Waals surface area contributed by atoms with Gasteiger partial charge in [0, 0.05) is 13.1 Å². The van der Waals surface area contributed by atoms with Crippen molar-refractivity contribution in [3.05, 3.63) is 29.3 Å². The molecule has 1 aliphatic rings. The van der Waals surface area contributed by atoms with Crippen LogP contribution in [-0.2, 0) is 6.42 Å². The molecule has 0 saturated carbocycles. The van der Waals surface area contributed by atoms with Gasteiger partial charge in [0.15, 0.2) is 0 Å². The highest BCUT2D eigenvalue weighted by molar-refractivity contribution is 7.96. The Morgan fingerprint density at radius 1 is 1.20 bits per heavy atom. The molecule has 1 aromatic carbocycles. The lowest BCUT2D eigenvalue weighted by Gasteiger charge is -2.30. The molecule has 0 bridgehead atoms. The third-order valence-corrected chi connectivity index (χ3v) is 4.36. The summed E-state index contributed by atoms with van der Waals surface area (Å²) in [6, 6.07) is 6.58. The first-order chi connectivity index (χ1) is 8.71. The van der Waals surface area contributed by atoms with Crippen LogP contribution in [0.3, 0.4) is 0 Å². The lowest BCUT2D eigenvalue weighted by molar-refractivity contribution is 0.139. The topological polar surface area (TPSA) is 75.5 Å². The van der Waals surface area contributed by atoms with Crippen LogP contribution < -0.4 is 4.74 Å². The summed E-state index contributed by atoms with van der Waals surface area (Å²) >= 11 is 1.84.